The molecule has 0 bridgehead atoms. The Labute approximate surface area is 138 Å². The van der Waals surface area contributed by atoms with Crippen LogP contribution in [-0.4, -0.2) is 29.1 Å². The Morgan fingerprint density at radius 1 is 1.29 bits per heavy atom. The molecule has 128 valence electrons. The minimum Gasteiger partial charge on any atom is -0.481 e. The van der Waals surface area contributed by atoms with Gasteiger partial charge in [0.15, 0.2) is 6.10 Å². The molecule has 7 nitrogen and oxygen atoms in total. The third-order valence-corrected chi connectivity index (χ3v) is 3.59. The smallest absolute Gasteiger partial charge is 0.336 e. The zero-order valence-corrected chi connectivity index (χ0v) is 13.7. The molecular formula is C17H19NO6. The zero-order chi connectivity index (χ0) is 17.9. The number of carbonyl (C=O) groups is 2. The van der Waals surface area contributed by atoms with E-state index in [0.29, 0.717) is 17.8 Å². The number of aliphatic carboxylic acids is 1. The molecule has 2 rings (SSSR count). The van der Waals surface area contributed by atoms with Gasteiger partial charge in [0.1, 0.15) is 17.4 Å². The summed E-state index contributed by atoms with van der Waals surface area (Å²) < 4.78 is 10.7. The first-order valence-corrected chi connectivity index (χ1v) is 7.58. The van der Waals surface area contributed by atoms with E-state index in [-0.39, 0.29) is 0 Å². The van der Waals surface area contributed by atoms with E-state index in [1.165, 1.54) is 19.9 Å². The molecule has 1 aromatic heterocycles. The molecule has 0 saturated heterocycles. The fourth-order valence-corrected chi connectivity index (χ4v) is 2.23. The van der Waals surface area contributed by atoms with Crippen LogP contribution in [0.2, 0.25) is 0 Å². The molecule has 24 heavy (non-hydrogen) atoms. The lowest BCUT2D eigenvalue weighted by Crippen LogP contribution is -2.44. The molecule has 7 heteroatoms. The van der Waals surface area contributed by atoms with E-state index < -0.39 is 29.6 Å². The van der Waals surface area contributed by atoms with Gasteiger partial charge < -0.3 is 19.6 Å². The number of rotatable bonds is 6. The Morgan fingerprint density at radius 3 is 2.62 bits per heavy atom. The van der Waals surface area contributed by atoms with Crippen LogP contribution < -0.4 is 15.7 Å². The van der Waals surface area contributed by atoms with Gasteiger partial charge in [-0.1, -0.05) is 6.92 Å². The van der Waals surface area contributed by atoms with Crippen LogP contribution in [-0.2, 0) is 16.0 Å². The van der Waals surface area contributed by atoms with E-state index in [1.54, 1.807) is 18.2 Å². The van der Waals surface area contributed by atoms with Crippen molar-refractivity contribution in [1.29, 1.82) is 0 Å². The lowest BCUT2D eigenvalue weighted by atomic mass is 10.1. The monoisotopic (exact) mass is 333 g/mol. The number of carboxylic acid groups (broad SMARTS) is 1. The molecule has 0 saturated carbocycles. The van der Waals surface area contributed by atoms with Crippen LogP contribution in [0.5, 0.6) is 5.75 Å². The van der Waals surface area contributed by atoms with Gasteiger partial charge in [-0.05, 0) is 38.0 Å². The van der Waals surface area contributed by atoms with Crippen LogP contribution in [0.1, 0.15) is 26.3 Å². The van der Waals surface area contributed by atoms with Crippen molar-refractivity contribution in [1.82, 2.24) is 5.32 Å². The summed E-state index contributed by atoms with van der Waals surface area (Å²) in [4.78, 5) is 34.2. The van der Waals surface area contributed by atoms with Gasteiger partial charge in [-0.2, -0.15) is 0 Å². The molecule has 2 atom stereocenters. The third-order valence-electron chi connectivity index (χ3n) is 3.59. The zero-order valence-electron chi connectivity index (χ0n) is 13.7. The van der Waals surface area contributed by atoms with Crippen molar-refractivity contribution in [3.8, 4) is 5.75 Å². The van der Waals surface area contributed by atoms with Crippen molar-refractivity contribution in [2.45, 2.75) is 39.3 Å². The van der Waals surface area contributed by atoms with E-state index in [9.17, 15) is 14.4 Å². The molecule has 0 radical (unpaired) electrons. The number of carbonyl (C=O) groups excluding carboxylic acids is 1. The Kier molecular flexibility index (Phi) is 5.23. The van der Waals surface area contributed by atoms with Crippen molar-refractivity contribution in [2.75, 3.05) is 0 Å². The number of nitrogens with one attached hydrogen (secondary N) is 1. The summed E-state index contributed by atoms with van der Waals surface area (Å²) in [6.07, 6.45) is -0.209. The minimum atomic E-state index is -1.13. The third kappa shape index (κ3) is 3.92. The summed E-state index contributed by atoms with van der Waals surface area (Å²) in [5.41, 5.74) is 0.801. The second kappa shape index (κ2) is 7.16. The number of aryl methyl sites for hydroxylation is 1. The minimum absolute atomic E-state index is 0.351. The van der Waals surface area contributed by atoms with E-state index in [4.69, 9.17) is 14.3 Å². The average Bonchev–Trinajstić information content (AvgIpc) is 2.53. The Bertz CT molecular complexity index is 825. The van der Waals surface area contributed by atoms with Gasteiger partial charge >= 0.3 is 11.6 Å². The second-order valence-corrected chi connectivity index (χ2v) is 5.43. The molecule has 0 aliphatic carbocycles. The molecule has 1 amide bonds. The quantitative estimate of drug-likeness (QED) is 0.780. The maximum Gasteiger partial charge on any atom is 0.336 e. The highest BCUT2D eigenvalue weighted by molar-refractivity contribution is 5.86. The maximum absolute atomic E-state index is 11.9. The Balaban J connectivity index is 2.19. The molecule has 0 unspecified atom stereocenters. The molecular weight excluding hydrogens is 314 g/mol. The van der Waals surface area contributed by atoms with Crippen molar-refractivity contribution in [3.63, 3.8) is 0 Å². The number of benzene rings is 1. The van der Waals surface area contributed by atoms with Gasteiger partial charge in [0.25, 0.3) is 5.91 Å². The lowest BCUT2D eigenvalue weighted by molar-refractivity contribution is -0.142. The molecule has 0 aliphatic heterocycles. The fraction of sp³-hybridized carbons (Fsp3) is 0.353. The summed E-state index contributed by atoms with van der Waals surface area (Å²) in [6.45, 7) is 4.81. The van der Waals surface area contributed by atoms with Crippen LogP contribution in [0.25, 0.3) is 11.0 Å². The van der Waals surface area contributed by atoms with Crippen LogP contribution in [0.4, 0.5) is 0 Å². The first kappa shape index (κ1) is 17.5. The van der Waals surface area contributed by atoms with Crippen molar-refractivity contribution in [2.24, 2.45) is 0 Å². The topological polar surface area (TPSA) is 106 Å². The second-order valence-electron chi connectivity index (χ2n) is 5.43. The first-order valence-electron chi connectivity index (χ1n) is 7.58. The first-order chi connectivity index (χ1) is 11.3. The predicted molar refractivity (Wildman–Crippen MR) is 87.2 cm³/mol. The average molecular weight is 333 g/mol. The number of fused-ring (bicyclic) bond motifs is 1. The van der Waals surface area contributed by atoms with Gasteiger partial charge in [0, 0.05) is 17.5 Å². The van der Waals surface area contributed by atoms with Gasteiger partial charge in [-0.15, -0.1) is 0 Å². The molecule has 2 aromatic rings. The van der Waals surface area contributed by atoms with Crippen molar-refractivity contribution >= 4 is 22.8 Å². The molecule has 0 aliphatic rings. The highest BCUT2D eigenvalue weighted by atomic mass is 16.5. The molecule has 1 heterocycles. The molecule has 1 aromatic carbocycles. The summed E-state index contributed by atoms with van der Waals surface area (Å²) in [5, 5.41) is 11.9. The van der Waals surface area contributed by atoms with E-state index in [2.05, 4.69) is 5.32 Å². The number of ether oxygens (including phenoxy) is 1. The fourth-order valence-electron chi connectivity index (χ4n) is 2.23. The lowest BCUT2D eigenvalue weighted by Gasteiger charge is -2.16. The molecule has 2 N–H and O–H groups in total. The van der Waals surface area contributed by atoms with Gasteiger partial charge in [-0.3, -0.25) is 9.59 Å². The summed E-state index contributed by atoms with van der Waals surface area (Å²) >= 11 is 0. The van der Waals surface area contributed by atoms with E-state index in [0.717, 1.165) is 10.9 Å². The Morgan fingerprint density at radius 2 is 2.00 bits per heavy atom. The van der Waals surface area contributed by atoms with Crippen LogP contribution >= 0.6 is 0 Å². The number of carboxylic acids is 1. The van der Waals surface area contributed by atoms with Crippen LogP contribution in [0.3, 0.4) is 0 Å². The number of amides is 1. The van der Waals surface area contributed by atoms with Crippen LogP contribution in [0.15, 0.2) is 33.5 Å². The number of hydrogen-bond acceptors (Lipinski definition) is 5. The largest absolute Gasteiger partial charge is 0.481 e. The Hall–Kier alpha value is -2.83. The summed E-state index contributed by atoms with van der Waals surface area (Å²) in [7, 11) is 0. The van der Waals surface area contributed by atoms with Gasteiger partial charge in [0.05, 0.1) is 0 Å². The van der Waals surface area contributed by atoms with Crippen molar-refractivity contribution in [3.05, 3.63) is 40.2 Å². The van der Waals surface area contributed by atoms with E-state index in [1.807, 2.05) is 6.92 Å². The van der Waals surface area contributed by atoms with Crippen LogP contribution in [0, 0.1) is 0 Å². The van der Waals surface area contributed by atoms with Gasteiger partial charge in [0.2, 0.25) is 0 Å². The molecule has 0 fully saturated rings. The highest BCUT2D eigenvalue weighted by Crippen LogP contribution is 2.23. The standard InChI is InChI=1S/C17H19NO6/c1-4-11-7-15(19)24-14-8-12(5-6-13(11)14)23-10(3)16(20)18-9(2)17(21)22/h5-10H,4H2,1-3H3,(H,18,20)(H,21,22)/t9-,10-/m0/s1. The summed E-state index contributed by atoms with van der Waals surface area (Å²) in [5.74, 6) is -1.33. The highest BCUT2D eigenvalue weighted by Gasteiger charge is 2.20. The predicted octanol–water partition coefficient (Wildman–Crippen LogP) is 1.71. The van der Waals surface area contributed by atoms with E-state index >= 15 is 0 Å². The maximum atomic E-state index is 11.9. The molecule has 0 spiro atoms. The SMILES string of the molecule is CCc1cc(=O)oc2cc(O[C@@H](C)C(=O)N[C@@H](C)C(=O)O)ccc12. The number of hydrogen-bond donors (Lipinski definition) is 2. The van der Waals surface area contributed by atoms with Gasteiger partial charge in [-0.25, -0.2) is 4.79 Å². The summed E-state index contributed by atoms with van der Waals surface area (Å²) in [6, 6.07) is 5.42. The van der Waals surface area contributed by atoms with Crippen molar-refractivity contribution < 1.29 is 23.8 Å². The normalized spacial score (nSPS) is 13.3.